The molecule has 0 saturated carbocycles. The quantitative estimate of drug-likeness (QED) is 0.291. The first-order chi connectivity index (χ1) is 17.0. The predicted molar refractivity (Wildman–Crippen MR) is 140 cm³/mol. The van der Waals surface area contributed by atoms with Gasteiger partial charge in [0.05, 0.1) is 23.0 Å². The van der Waals surface area contributed by atoms with E-state index in [2.05, 4.69) is 16.0 Å². The van der Waals surface area contributed by atoms with Gasteiger partial charge in [0.1, 0.15) is 0 Å². The molecule has 3 amide bonds. The van der Waals surface area contributed by atoms with Crippen LogP contribution in [0.25, 0.3) is 33.3 Å². The molecular weight excluding hydrogens is 440 g/mol. The first kappa shape index (κ1) is 23.9. The number of nitrogens with zero attached hydrogens (tertiary/aromatic N) is 1. The van der Waals surface area contributed by atoms with E-state index < -0.39 is 12.1 Å². The highest BCUT2D eigenvalue weighted by Gasteiger charge is 2.19. The molecule has 35 heavy (non-hydrogen) atoms. The van der Waals surface area contributed by atoms with Crippen molar-refractivity contribution in [1.29, 1.82) is 0 Å². The molecule has 0 bridgehead atoms. The number of hydrogen-bond acceptors (Lipinski definition) is 4. The Morgan fingerprint density at radius 2 is 1.57 bits per heavy atom. The average Bonchev–Trinajstić information content (AvgIpc) is 2.88. The van der Waals surface area contributed by atoms with Gasteiger partial charge in [0, 0.05) is 35.7 Å². The Morgan fingerprint density at radius 3 is 2.20 bits per heavy atom. The normalized spacial score (nSPS) is 11.6. The fourth-order valence-electron chi connectivity index (χ4n) is 3.87. The Hall–Kier alpha value is -4.23. The van der Waals surface area contributed by atoms with Crippen molar-refractivity contribution >= 4 is 34.2 Å². The van der Waals surface area contributed by atoms with Crippen molar-refractivity contribution in [2.45, 2.75) is 26.4 Å². The first-order valence-electron chi connectivity index (χ1n) is 11.6. The summed E-state index contributed by atoms with van der Waals surface area (Å²) in [5, 5.41) is 18.9. The largest absolute Gasteiger partial charge is 0.391 e. The number of fused-ring (bicyclic) bond motifs is 1. The van der Waals surface area contributed by atoms with E-state index in [9.17, 15) is 14.7 Å². The monoisotopic (exact) mass is 468 g/mol. The van der Waals surface area contributed by atoms with E-state index in [-0.39, 0.29) is 12.5 Å². The van der Waals surface area contributed by atoms with Crippen LogP contribution in [0.3, 0.4) is 0 Å². The molecule has 0 aliphatic heterocycles. The number of rotatable bonds is 7. The first-order valence-corrected chi connectivity index (χ1v) is 11.6. The number of hydrogen-bond donors (Lipinski definition) is 4. The zero-order valence-electron chi connectivity index (χ0n) is 19.7. The maximum Gasteiger partial charge on any atom is 0.319 e. The number of urea groups is 1. The molecule has 1 unspecified atom stereocenters. The van der Waals surface area contributed by atoms with Gasteiger partial charge in [-0.3, -0.25) is 4.79 Å². The Balaban J connectivity index is 1.87. The van der Waals surface area contributed by atoms with E-state index >= 15 is 0 Å². The summed E-state index contributed by atoms with van der Waals surface area (Å²) in [6, 6.07) is 24.6. The van der Waals surface area contributed by atoms with Crippen molar-refractivity contribution in [1.82, 2.24) is 10.3 Å². The SMILES string of the molecule is CCC(O)CNC(=O)Nc1ccc2nc(-c3ccccc3)c(-c3ccccc3)c(NC(C)=O)c2c1. The molecule has 1 aromatic heterocycles. The molecule has 1 atom stereocenters. The third kappa shape index (κ3) is 5.65. The van der Waals surface area contributed by atoms with Crippen LogP contribution in [0.15, 0.2) is 78.9 Å². The van der Waals surface area contributed by atoms with Crippen molar-refractivity contribution in [2.75, 3.05) is 17.2 Å². The molecule has 1 heterocycles. The van der Waals surface area contributed by atoms with Crippen LogP contribution in [0, 0.1) is 0 Å². The van der Waals surface area contributed by atoms with Gasteiger partial charge in [-0.05, 0) is 30.2 Å². The maximum absolute atomic E-state index is 12.3. The lowest BCUT2D eigenvalue weighted by Crippen LogP contribution is -2.34. The molecule has 4 rings (SSSR count). The molecule has 7 nitrogen and oxygen atoms in total. The number of carbonyl (C=O) groups excluding carboxylic acids is 2. The molecule has 0 fully saturated rings. The number of amides is 3. The van der Waals surface area contributed by atoms with E-state index in [0.717, 1.165) is 22.4 Å². The number of benzene rings is 3. The molecule has 4 N–H and O–H groups in total. The lowest BCUT2D eigenvalue weighted by atomic mass is 9.94. The van der Waals surface area contributed by atoms with Crippen LogP contribution < -0.4 is 16.0 Å². The average molecular weight is 469 g/mol. The third-order valence-corrected chi connectivity index (χ3v) is 5.62. The van der Waals surface area contributed by atoms with Crippen molar-refractivity contribution in [3.05, 3.63) is 78.9 Å². The van der Waals surface area contributed by atoms with Crippen molar-refractivity contribution in [2.24, 2.45) is 0 Å². The smallest absolute Gasteiger partial charge is 0.319 e. The second-order valence-corrected chi connectivity index (χ2v) is 8.25. The molecule has 178 valence electrons. The summed E-state index contributed by atoms with van der Waals surface area (Å²) in [7, 11) is 0. The summed E-state index contributed by atoms with van der Waals surface area (Å²) in [6.07, 6.45) is -0.0497. The molecule has 4 aromatic rings. The molecule has 0 aliphatic carbocycles. The Bertz CT molecular complexity index is 1340. The van der Waals surface area contributed by atoms with Crippen molar-refractivity contribution in [3.63, 3.8) is 0 Å². The van der Waals surface area contributed by atoms with E-state index in [1.54, 1.807) is 12.1 Å². The van der Waals surface area contributed by atoms with Gasteiger partial charge in [-0.15, -0.1) is 0 Å². The number of carbonyl (C=O) groups is 2. The maximum atomic E-state index is 12.3. The van der Waals surface area contributed by atoms with Crippen LogP contribution in [0.4, 0.5) is 16.2 Å². The zero-order valence-corrected chi connectivity index (χ0v) is 19.7. The van der Waals surface area contributed by atoms with Gasteiger partial charge in [-0.2, -0.15) is 0 Å². The highest BCUT2D eigenvalue weighted by atomic mass is 16.3. The third-order valence-electron chi connectivity index (χ3n) is 5.62. The van der Waals surface area contributed by atoms with Gasteiger partial charge in [0.2, 0.25) is 5.91 Å². The predicted octanol–water partition coefficient (Wildman–Crippen LogP) is 5.42. The number of aliphatic hydroxyl groups is 1. The van der Waals surface area contributed by atoms with Gasteiger partial charge in [-0.25, -0.2) is 9.78 Å². The van der Waals surface area contributed by atoms with Crippen LogP contribution >= 0.6 is 0 Å². The van der Waals surface area contributed by atoms with E-state index in [1.165, 1.54) is 6.92 Å². The Morgan fingerprint density at radius 1 is 0.914 bits per heavy atom. The van der Waals surface area contributed by atoms with Crippen molar-refractivity contribution < 1.29 is 14.7 Å². The molecule has 7 heteroatoms. The van der Waals surface area contributed by atoms with Gasteiger partial charge >= 0.3 is 6.03 Å². The van der Waals surface area contributed by atoms with E-state index in [4.69, 9.17) is 4.98 Å². The second kappa shape index (κ2) is 10.8. The summed E-state index contributed by atoms with van der Waals surface area (Å²) in [5.41, 5.74) is 5.23. The standard InChI is InChI=1S/C28H28N4O3/c1-3-22(34)17-29-28(35)31-21-14-15-24-23(16-21)27(30-18(2)33)25(19-10-6-4-7-11-19)26(32-24)20-12-8-5-9-13-20/h4-16,22,34H,3,17H2,1-2H3,(H2,29,31,35)(H,30,32,33). The van der Waals surface area contributed by atoms with Gasteiger partial charge in [0.15, 0.2) is 0 Å². The van der Waals surface area contributed by atoms with E-state index in [1.807, 2.05) is 73.7 Å². The molecule has 3 aromatic carbocycles. The van der Waals surface area contributed by atoms with Crippen LogP contribution in [-0.2, 0) is 4.79 Å². The summed E-state index contributed by atoms with van der Waals surface area (Å²) in [6.45, 7) is 3.48. The zero-order chi connectivity index (χ0) is 24.8. The molecule has 0 saturated heterocycles. The Kier molecular flexibility index (Phi) is 7.38. The van der Waals surface area contributed by atoms with Crippen LogP contribution in [0.5, 0.6) is 0 Å². The summed E-state index contributed by atoms with van der Waals surface area (Å²) in [4.78, 5) is 29.6. The minimum atomic E-state index is -0.599. The lowest BCUT2D eigenvalue weighted by molar-refractivity contribution is -0.114. The molecule has 0 spiro atoms. The number of aromatic nitrogens is 1. The fraction of sp³-hybridized carbons (Fsp3) is 0.179. The fourth-order valence-corrected chi connectivity index (χ4v) is 3.87. The summed E-state index contributed by atoms with van der Waals surface area (Å²) in [5.74, 6) is -0.210. The number of anilines is 2. The van der Waals surface area contributed by atoms with Crippen LogP contribution in [0.1, 0.15) is 20.3 Å². The number of pyridine rings is 1. The van der Waals surface area contributed by atoms with E-state index in [0.29, 0.717) is 28.7 Å². The minimum Gasteiger partial charge on any atom is -0.391 e. The topological polar surface area (TPSA) is 103 Å². The van der Waals surface area contributed by atoms with Gasteiger partial charge in [0.25, 0.3) is 0 Å². The lowest BCUT2D eigenvalue weighted by Gasteiger charge is -2.19. The van der Waals surface area contributed by atoms with Crippen LogP contribution in [0.2, 0.25) is 0 Å². The highest BCUT2D eigenvalue weighted by Crippen LogP contribution is 2.41. The molecular formula is C28H28N4O3. The van der Waals surface area contributed by atoms with Gasteiger partial charge < -0.3 is 21.1 Å². The summed E-state index contributed by atoms with van der Waals surface area (Å²) >= 11 is 0. The minimum absolute atomic E-state index is 0.160. The molecule has 0 radical (unpaired) electrons. The Labute approximate surface area is 204 Å². The van der Waals surface area contributed by atoms with Crippen molar-refractivity contribution in [3.8, 4) is 22.4 Å². The number of nitrogens with one attached hydrogen (secondary N) is 3. The van der Waals surface area contributed by atoms with Crippen LogP contribution in [-0.4, -0.2) is 34.7 Å². The number of aliphatic hydroxyl groups excluding tert-OH is 1. The summed E-state index contributed by atoms with van der Waals surface area (Å²) < 4.78 is 0. The second-order valence-electron chi connectivity index (χ2n) is 8.25. The van der Waals surface area contributed by atoms with Gasteiger partial charge in [-0.1, -0.05) is 67.6 Å². The molecule has 0 aliphatic rings. The highest BCUT2D eigenvalue weighted by molar-refractivity contribution is 6.11.